The van der Waals surface area contributed by atoms with Crippen LogP contribution in [0.4, 0.5) is 0 Å². The van der Waals surface area contributed by atoms with Crippen LogP contribution < -0.4 is 0 Å². The molecule has 2 saturated carbocycles. The van der Waals surface area contributed by atoms with E-state index in [0.29, 0.717) is 12.1 Å². The molecule has 0 aromatic carbocycles. The average Bonchev–Trinajstić information content (AvgIpc) is 2.58. The SMILES string of the molecule is CCCCN(C)C(=NC1CCCCC1)N(C)C1CCCCC1. The highest BCUT2D eigenvalue weighted by Crippen LogP contribution is 2.25. The third-order valence-corrected chi connectivity index (χ3v) is 5.50. The van der Waals surface area contributed by atoms with E-state index in [1.807, 2.05) is 0 Å². The fourth-order valence-electron chi connectivity index (χ4n) is 3.96. The van der Waals surface area contributed by atoms with Crippen molar-refractivity contribution in [3.8, 4) is 0 Å². The molecule has 0 atom stereocenters. The number of aliphatic imine (C=N–C) groups is 1. The van der Waals surface area contributed by atoms with Crippen LogP contribution >= 0.6 is 0 Å². The van der Waals surface area contributed by atoms with Gasteiger partial charge in [-0.15, -0.1) is 0 Å². The molecule has 0 saturated heterocycles. The first-order valence-corrected chi connectivity index (χ1v) is 9.74. The van der Waals surface area contributed by atoms with E-state index in [2.05, 4.69) is 30.8 Å². The zero-order valence-electron chi connectivity index (χ0n) is 15.2. The van der Waals surface area contributed by atoms with Crippen LogP contribution in [0.15, 0.2) is 4.99 Å². The van der Waals surface area contributed by atoms with Crippen LogP contribution in [-0.4, -0.2) is 48.5 Å². The number of hydrogen-bond donors (Lipinski definition) is 0. The minimum absolute atomic E-state index is 0.568. The molecule has 3 heteroatoms. The van der Waals surface area contributed by atoms with Crippen LogP contribution in [-0.2, 0) is 0 Å². The van der Waals surface area contributed by atoms with E-state index in [1.54, 1.807) is 0 Å². The maximum atomic E-state index is 5.23. The lowest BCUT2D eigenvalue weighted by molar-refractivity contribution is 0.247. The molecular weight excluding hydrogens is 270 g/mol. The number of hydrogen-bond acceptors (Lipinski definition) is 1. The van der Waals surface area contributed by atoms with Crippen molar-refractivity contribution in [3.05, 3.63) is 0 Å². The van der Waals surface area contributed by atoms with Crippen molar-refractivity contribution in [2.45, 2.75) is 96.1 Å². The van der Waals surface area contributed by atoms with Crippen molar-refractivity contribution in [2.24, 2.45) is 4.99 Å². The van der Waals surface area contributed by atoms with E-state index in [-0.39, 0.29) is 0 Å². The van der Waals surface area contributed by atoms with E-state index < -0.39 is 0 Å². The summed E-state index contributed by atoms with van der Waals surface area (Å²) >= 11 is 0. The smallest absolute Gasteiger partial charge is 0.196 e. The van der Waals surface area contributed by atoms with E-state index in [4.69, 9.17) is 4.99 Å². The van der Waals surface area contributed by atoms with Gasteiger partial charge in [0.15, 0.2) is 5.96 Å². The van der Waals surface area contributed by atoms with Gasteiger partial charge in [0.05, 0.1) is 6.04 Å². The third-order valence-electron chi connectivity index (χ3n) is 5.50. The zero-order chi connectivity index (χ0) is 15.8. The maximum absolute atomic E-state index is 5.23. The number of unbranched alkanes of at least 4 members (excludes halogenated alkanes) is 1. The van der Waals surface area contributed by atoms with Crippen molar-refractivity contribution in [1.29, 1.82) is 0 Å². The Morgan fingerprint density at radius 3 is 2.09 bits per heavy atom. The van der Waals surface area contributed by atoms with Gasteiger partial charge in [0.1, 0.15) is 0 Å². The highest BCUT2D eigenvalue weighted by atomic mass is 15.4. The summed E-state index contributed by atoms with van der Waals surface area (Å²) in [6.45, 7) is 3.41. The standard InChI is InChI=1S/C19H37N3/c1-4-5-16-21(2)19(20-17-12-8-6-9-13-17)22(3)18-14-10-7-11-15-18/h17-18H,4-16H2,1-3H3. The minimum Gasteiger partial charge on any atom is -0.346 e. The Kier molecular flexibility index (Phi) is 7.54. The topological polar surface area (TPSA) is 18.8 Å². The summed E-state index contributed by atoms with van der Waals surface area (Å²) in [7, 11) is 4.54. The molecule has 22 heavy (non-hydrogen) atoms. The zero-order valence-corrected chi connectivity index (χ0v) is 15.2. The third kappa shape index (κ3) is 5.17. The van der Waals surface area contributed by atoms with Gasteiger partial charge in [-0.05, 0) is 32.1 Å². The fraction of sp³-hybridized carbons (Fsp3) is 0.947. The molecule has 0 aromatic rings. The molecule has 2 aliphatic rings. The summed E-state index contributed by atoms with van der Waals surface area (Å²) < 4.78 is 0. The molecule has 128 valence electrons. The molecule has 0 N–H and O–H groups in total. The van der Waals surface area contributed by atoms with Gasteiger partial charge in [-0.25, -0.2) is 4.99 Å². The van der Waals surface area contributed by atoms with Crippen molar-refractivity contribution in [2.75, 3.05) is 20.6 Å². The Balaban J connectivity index is 2.06. The predicted molar refractivity (Wildman–Crippen MR) is 96.5 cm³/mol. The Morgan fingerprint density at radius 2 is 1.50 bits per heavy atom. The number of rotatable bonds is 5. The Bertz CT molecular complexity index is 328. The Hall–Kier alpha value is -0.730. The molecule has 0 spiro atoms. The molecule has 2 aliphatic carbocycles. The van der Waals surface area contributed by atoms with E-state index in [0.717, 1.165) is 6.54 Å². The number of nitrogens with zero attached hydrogens (tertiary/aromatic N) is 3. The van der Waals surface area contributed by atoms with Crippen molar-refractivity contribution < 1.29 is 0 Å². The monoisotopic (exact) mass is 307 g/mol. The quantitative estimate of drug-likeness (QED) is 0.543. The van der Waals surface area contributed by atoms with Gasteiger partial charge < -0.3 is 9.80 Å². The highest BCUT2D eigenvalue weighted by Gasteiger charge is 2.24. The van der Waals surface area contributed by atoms with Gasteiger partial charge in [0.25, 0.3) is 0 Å². The summed E-state index contributed by atoms with van der Waals surface area (Å²) in [5.74, 6) is 1.27. The van der Waals surface area contributed by atoms with Crippen LogP contribution in [0.2, 0.25) is 0 Å². The molecule has 2 rings (SSSR count). The Labute approximate surface area is 138 Å². The summed E-state index contributed by atoms with van der Waals surface area (Å²) in [6.07, 6.45) is 16.2. The van der Waals surface area contributed by atoms with Gasteiger partial charge >= 0.3 is 0 Å². The van der Waals surface area contributed by atoms with Gasteiger partial charge in [0, 0.05) is 26.7 Å². The molecule has 0 heterocycles. The van der Waals surface area contributed by atoms with E-state index >= 15 is 0 Å². The average molecular weight is 308 g/mol. The molecule has 0 aliphatic heterocycles. The minimum atomic E-state index is 0.568. The highest BCUT2D eigenvalue weighted by molar-refractivity contribution is 5.80. The first kappa shape index (κ1) is 17.6. The van der Waals surface area contributed by atoms with Crippen LogP contribution in [0, 0.1) is 0 Å². The largest absolute Gasteiger partial charge is 0.346 e. The molecule has 0 unspecified atom stereocenters. The molecule has 0 aromatic heterocycles. The summed E-state index contributed by atoms with van der Waals surface area (Å²) in [5.41, 5.74) is 0. The molecule has 3 nitrogen and oxygen atoms in total. The van der Waals surface area contributed by atoms with Crippen molar-refractivity contribution >= 4 is 5.96 Å². The predicted octanol–water partition coefficient (Wildman–Crippen LogP) is 4.67. The van der Waals surface area contributed by atoms with Crippen LogP contribution in [0.25, 0.3) is 0 Å². The summed E-state index contributed by atoms with van der Waals surface area (Å²) in [5, 5.41) is 0. The molecule has 0 amide bonds. The first-order valence-electron chi connectivity index (χ1n) is 9.74. The number of guanidine groups is 1. The van der Waals surface area contributed by atoms with Gasteiger partial charge in [-0.3, -0.25) is 0 Å². The maximum Gasteiger partial charge on any atom is 0.196 e. The van der Waals surface area contributed by atoms with E-state index in [9.17, 15) is 0 Å². The van der Waals surface area contributed by atoms with Crippen LogP contribution in [0.5, 0.6) is 0 Å². The van der Waals surface area contributed by atoms with Crippen LogP contribution in [0.3, 0.4) is 0 Å². The van der Waals surface area contributed by atoms with Crippen molar-refractivity contribution in [3.63, 3.8) is 0 Å². The fourth-order valence-corrected chi connectivity index (χ4v) is 3.96. The second-order valence-electron chi connectivity index (χ2n) is 7.40. The van der Waals surface area contributed by atoms with Gasteiger partial charge in [-0.2, -0.15) is 0 Å². The second kappa shape index (κ2) is 9.42. The van der Waals surface area contributed by atoms with Gasteiger partial charge in [-0.1, -0.05) is 51.9 Å². The van der Waals surface area contributed by atoms with Gasteiger partial charge in [0.2, 0.25) is 0 Å². The Morgan fingerprint density at radius 1 is 0.909 bits per heavy atom. The second-order valence-corrected chi connectivity index (χ2v) is 7.40. The lowest BCUT2D eigenvalue weighted by Crippen LogP contribution is -2.47. The van der Waals surface area contributed by atoms with Crippen molar-refractivity contribution in [1.82, 2.24) is 9.80 Å². The lowest BCUT2D eigenvalue weighted by Gasteiger charge is -2.38. The molecule has 0 bridgehead atoms. The van der Waals surface area contributed by atoms with E-state index in [1.165, 1.54) is 83.0 Å². The summed E-state index contributed by atoms with van der Waals surface area (Å²) in [4.78, 5) is 10.2. The lowest BCUT2D eigenvalue weighted by atomic mass is 9.94. The molecule has 0 radical (unpaired) electrons. The van der Waals surface area contributed by atoms with Crippen LogP contribution in [0.1, 0.15) is 84.0 Å². The molecular formula is C19H37N3. The normalized spacial score (nSPS) is 21.9. The first-order chi connectivity index (χ1) is 10.7. The molecule has 2 fully saturated rings. The summed E-state index contributed by atoms with van der Waals surface area (Å²) in [6, 6.07) is 1.28.